The summed E-state index contributed by atoms with van der Waals surface area (Å²) in [7, 11) is 1.56. The van der Waals surface area contributed by atoms with Crippen LogP contribution >= 0.6 is 0 Å². The molecule has 2 N–H and O–H groups in total. The zero-order valence-electron chi connectivity index (χ0n) is 7.27. The zero-order valence-corrected chi connectivity index (χ0v) is 7.27. The third kappa shape index (κ3) is 2.19. The molecule has 0 saturated carbocycles. The van der Waals surface area contributed by atoms with E-state index in [-0.39, 0.29) is 11.7 Å². The highest BCUT2D eigenvalue weighted by atomic mass is 16.3. The Labute approximate surface area is 76.0 Å². The van der Waals surface area contributed by atoms with Gasteiger partial charge in [0.25, 0.3) is 5.91 Å². The molecule has 0 heterocycles. The summed E-state index contributed by atoms with van der Waals surface area (Å²) in [6, 6.07) is 6.17. The van der Waals surface area contributed by atoms with Crippen LogP contribution < -0.4 is 4.90 Å². The standard InChI is InChI=1S/C9H11NO3/c1-10(9(13)6-11)7-2-4-8(12)5-3-7/h2-5,11-12H,6H2,1H3. The Morgan fingerprint density at radius 3 is 2.38 bits per heavy atom. The van der Waals surface area contributed by atoms with E-state index in [9.17, 15) is 4.79 Å². The number of anilines is 1. The Kier molecular flexibility index (Phi) is 2.87. The SMILES string of the molecule is CN(C(=O)CO)c1ccc(O)cc1. The minimum atomic E-state index is -0.516. The second kappa shape index (κ2) is 3.91. The molecule has 0 aliphatic carbocycles. The van der Waals surface area contributed by atoms with E-state index in [1.807, 2.05) is 0 Å². The van der Waals surface area contributed by atoms with Gasteiger partial charge in [-0.1, -0.05) is 0 Å². The molecule has 0 spiro atoms. The van der Waals surface area contributed by atoms with Crippen LogP contribution in [-0.4, -0.2) is 29.8 Å². The summed E-state index contributed by atoms with van der Waals surface area (Å²) < 4.78 is 0. The van der Waals surface area contributed by atoms with E-state index in [2.05, 4.69) is 0 Å². The van der Waals surface area contributed by atoms with Crippen LogP contribution in [0.1, 0.15) is 0 Å². The average molecular weight is 181 g/mol. The van der Waals surface area contributed by atoms with E-state index in [0.717, 1.165) is 0 Å². The van der Waals surface area contributed by atoms with E-state index in [0.29, 0.717) is 5.69 Å². The first-order valence-corrected chi connectivity index (χ1v) is 3.81. The summed E-state index contributed by atoms with van der Waals surface area (Å²) in [6.07, 6.45) is 0. The molecule has 1 aromatic carbocycles. The maximum absolute atomic E-state index is 11.0. The zero-order chi connectivity index (χ0) is 9.84. The van der Waals surface area contributed by atoms with Crippen LogP contribution in [0.15, 0.2) is 24.3 Å². The summed E-state index contributed by atoms with van der Waals surface area (Å²) in [5.41, 5.74) is 0.636. The van der Waals surface area contributed by atoms with Crippen LogP contribution in [0, 0.1) is 0 Å². The van der Waals surface area contributed by atoms with Crippen LogP contribution in [0.3, 0.4) is 0 Å². The van der Waals surface area contributed by atoms with E-state index in [1.54, 1.807) is 19.2 Å². The molecular weight excluding hydrogens is 170 g/mol. The van der Waals surface area contributed by atoms with Gasteiger partial charge in [-0.3, -0.25) is 4.79 Å². The number of nitrogens with zero attached hydrogens (tertiary/aromatic N) is 1. The van der Waals surface area contributed by atoms with Gasteiger partial charge in [0.1, 0.15) is 12.4 Å². The van der Waals surface area contributed by atoms with Gasteiger partial charge >= 0.3 is 0 Å². The lowest BCUT2D eigenvalue weighted by molar-refractivity contribution is -0.120. The monoisotopic (exact) mass is 181 g/mol. The third-order valence-electron chi connectivity index (χ3n) is 1.75. The third-order valence-corrected chi connectivity index (χ3v) is 1.75. The average Bonchev–Trinajstić information content (AvgIpc) is 2.17. The molecule has 4 nitrogen and oxygen atoms in total. The summed E-state index contributed by atoms with van der Waals surface area (Å²) in [5, 5.41) is 17.6. The minimum absolute atomic E-state index is 0.147. The van der Waals surface area contributed by atoms with Gasteiger partial charge in [-0.05, 0) is 24.3 Å². The molecule has 0 unspecified atom stereocenters. The van der Waals surface area contributed by atoms with Gasteiger partial charge < -0.3 is 15.1 Å². The molecule has 0 atom stereocenters. The Morgan fingerprint density at radius 1 is 1.38 bits per heavy atom. The number of benzene rings is 1. The number of carbonyl (C=O) groups excluding carboxylic acids is 1. The van der Waals surface area contributed by atoms with Crippen molar-refractivity contribution in [2.75, 3.05) is 18.6 Å². The first-order valence-electron chi connectivity index (χ1n) is 3.81. The van der Waals surface area contributed by atoms with Crippen LogP contribution in [0.5, 0.6) is 5.75 Å². The van der Waals surface area contributed by atoms with Crippen molar-refractivity contribution in [1.29, 1.82) is 0 Å². The molecule has 0 aliphatic rings. The second-order valence-corrected chi connectivity index (χ2v) is 2.63. The van der Waals surface area contributed by atoms with Gasteiger partial charge in [0.05, 0.1) is 0 Å². The maximum Gasteiger partial charge on any atom is 0.252 e. The molecule has 0 bridgehead atoms. The van der Waals surface area contributed by atoms with Crippen LogP contribution in [0.25, 0.3) is 0 Å². The van der Waals surface area contributed by atoms with Crippen molar-refractivity contribution in [3.63, 3.8) is 0 Å². The second-order valence-electron chi connectivity index (χ2n) is 2.63. The fraction of sp³-hybridized carbons (Fsp3) is 0.222. The van der Waals surface area contributed by atoms with Crippen molar-refractivity contribution < 1.29 is 15.0 Å². The van der Waals surface area contributed by atoms with Gasteiger partial charge in [0.2, 0.25) is 0 Å². The van der Waals surface area contributed by atoms with Crippen LogP contribution in [0.4, 0.5) is 5.69 Å². The van der Waals surface area contributed by atoms with Gasteiger partial charge in [-0.15, -0.1) is 0 Å². The quantitative estimate of drug-likeness (QED) is 0.692. The Hall–Kier alpha value is -1.55. The highest BCUT2D eigenvalue weighted by Crippen LogP contribution is 2.16. The summed E-state index contributed by atoms with van der Waals surface area (Å²) in [4.78, 5) is 12.3. The number of aliphatic hydroxyl groups is 1. The number of aromatic hydroxyl groups is 1. The molecule has 1 rings (SSSR count). The molecule has 0 saturated heterocycles. The molecular formula is C9H11NO3. The summed E-state index contributed by atoms with van der Waals surface area (Å²) in [6.45, 7) is -0.516. The lowest BCUT2D eigenvalue weighted by atomic mass is 10.3. The number of likely N-dealkylation sites (N-methyl/N-ethyl adjacent to an activating group) is 1. The lowest BCUT2D eigenvalue weighted by Gasteiger charge is -2.15. The molecule has 0 fully saturated rings. The van der Waals surface area contributed by atoms with E-state index < -0.39 is 6.61 Å². The highest BCUT2D eigenvalue weighted by Gasteiger charge is 2.08. The number of hydrogen-bond donors (Lipinski definition) is 2. The summed E-state index contributed by atoms with van der Waals surface area (Å²) >= 11 is 0. The smallest absolute Gasteiger partial charge is 0.252 e. The minimum Gasteiger partial charge on any atom is -0.508 e. The Bertz CT molecular complexity index is 294. The predicted molar refractivity (Wildman–Crippen MR) is 48.6 cm³/mol. The number of hydrogen-bond acceptors (Lipinski definition) is 3. The largest absolute Gasteiger partial charge is 0.508 e. The molecule has 0 aliphatic heterocycles. The van der Waals surface area contributed by atoms with E-state index in [4.69, 9.17) is 10.2 Å². The fourth-order valence-corrected chi connectivity index (χ4v) is 0.926. The van der Waals surface area contributed by atoms with Crippen molar-refractivity contribution in [3.05, 3.63) is 24.3 Å². The first kappa shape index (κ1) is 9.54. The Morgan fingerprint density at radius 2 is 1.92 bits per heavy atom. The van der Waals surface area contributed by atoms with Gasteiger partial charge in [0.15, 0.2) is 0 Å². The number of aliphatic hydroxyl groups excluding tert-OH is 1. The van der Waals surface area contributed by atoms with Crippen LogP contribution in [-0.2, 0) is 4.79 Å². The van der Waals surface area contributed by atoms with Gasteiger partial charge in [-0.25, -0.2) is 0 Å². The lowest BCUT2D eigenvalue weighted by Crippen LogP contribution is -2.28. The van der Waals surface area contributed by atoms with Crippen molar-refractivity contribution in [1.82, 2.24) is 0 Å². The van der Waals surface area contributed by atoms with E-state index >= 15 is 0 Å². The number of phenolic OH excluding ortho intramolecular Hbond substituents is 1. The van der Waals surface area contributed by atoms with Crippen molar-refractivity contribution in [3.8, 4) is 5.75 Å². The fourth-order valence-electron chi connectivity index (χ4n) is 0.926. The normalized spacial score (nSPS) is 9.69. The van der Waals surface area contributed by atoms with Gasteiger partial charge in [-0.2, -0.15) is 0 Å². The molecule has 4 heteroatoms. The molecule has 70 valence electrons. The Balaban J connectivity index is 2.83. The first-order chi connectivity index (χ1) is 6.15. The molecule has 1 aromatic rings. The van der Waals surface area contributed by atoms with Crippen molar-refractivity contribution in [2.24, 2.45) is 0 Å². The van der Waals surface area contributed by atoms with Crippen LogP contribution in [0.2, 0.25) is 0 Å². The number of carbonyl (C=O) groups is 1. The molecule has 13 heavy (non-hydrogen) atoms. The molecule has 0 aromatic heterocycles. The van der Waals surface area contributed by atoms with Crippen molar-refractivity contribution >= 4 is 11.6 Å². The number of phenols is 1. The predicted octanol–water partition coefficient (Wildman–Crippen LogP) is 0.347. The van der Waals surface area contributed by atoms with E-state index in [1.165, 1.54) is 17.0 Å². The topological polar surface area (TPSA) is 60.8 Å². The number of rotatable bonds is 2. The highest BCUT2D eigenvalue weighted by molar-refractivity contribution is 5.93. The maximum atomic E-state index is 11.0. The molecule has 1 amide bonds. The molecule has 0 radical (unpaired) electrons. The number of amides is 1. The van der Waals surface area contributed by atoms with Crippen molar-refractivity contribution in [2.45, 2.75) is 0 Å². The summed E-state index contributed by atoms with van der Waals surface area (Å²) in [5.74, 6) is -0.237. The van der Waals surface area contributed by atoms with Gasteiger partial charge in [0, 0.05) is 12.7 Å².